The molecule has 1 fully saturated rings. The van der Waals surface area contributed by atoms with Gasteiger partial charge in [-0.3, -0.25) is 0 Å². The van der Waals surface area contributed by atoms with Crippen LogP contribution in [0.25, 0.3) is 0 Å². The van der Waals surface area contributed by atoms with Crippen molar-refractivity contribution in [2.24, 2.45) is 0 Å². The lowest BCUT2D eigenvalue weighted by molar-refractivity contribution is 0.251. The molecular formula is C12H15ClO2. The van der Waals surface area contributed by atoms with Crippen LogP contribution in [0.3, 0.4) is 0 Å². The van der Waals surface area contributed by atoms with Gasteiger partial charge in [-0.05, 0) is 37.5 Å². The Morgan fingerprint density at radius 1 is 1.47 bits per heavy atom. The lowest BCUT2D eigenvalue weighted by Gasteiger charge is -2.17. The van der Waals surface area contributed by atoms with Gasteiger partial charge in [0.2, 0.25) is 0 Å². The van der Waals surface area contributed by atoms with E-state index in [1.807, 2.05) is 19.1 Å². The van der Waals surface area contributed by atoms with Gasteiger partial charge in [0.25, 0.3) is 0 Å². The number of methoxy groups -OCH3 is 1. The number of aliphatic hydroxyl groups is 1. The highest BCUT2D eigenvalue weighted by molar-refractivity contribution is 6.31. The normalized spacial score (nSPS) is 17.6. The first-order chi connectivity index (χ1) is 7.13. The second kappa shape index (κ2) is 3.69. The third kappa shape index (κ3) is 1.72. The summed E-state index contributed by atoms with van der Waals surface area (Å²) in [4.78, 5) is 0. The summed E-state index contributed by atoms with van der Waals surface area (Å²) >= 11 is 6.10. The molecule has 0 radical (unpaired) electrons. The van der Waals surface area contributed by atoms with Gasteiger partial charge in [0, 0.05) is 16.0 Å². The van der Waals surface area contributed by atoms with Crippen molar-refractivity contribution in [2.45, 2.75) is 25.2 Å². The first-order valence-electron chi connectivity index (χ1n) is 5.08. The number of aryl methyl sites for hydroxylation is 1. The molecule has 2 rings (SSSR count). The molecule has 2 nitrogen and oxygen atoms in total. The summed E-state index contributed by atoms with van der Waals surface area (Å²) in [7, 11) is 1.65. The quantitative estimate of drug-likeness (QED) is 0.859. The van der Waals surface area contributed by atoms with E-state index in [1.165, 1.54) is 0 Å². The van der Waals surface area contributed by atoms with Crippen LogP contribution in [-0.4, -0.2) is 18.8 Å². The van der Waals surface area contributed by atoms with Gasteiger partial charge in [0.05, 0.1) is 13.7 Å². The third-order valence-electron chi connectivity index (χ3n) is 3.21. The first kappa shape index (κ1) is 10.8. The summed E-state index contributed by atoms with van der Waals surface area (Å²) in [5, 5.41) is 10.1. The first-order valence-corrected chi connectivity index (χ1v) is 5.46. The van der Waals surface area contributed by atoms with Crippen molar-refractivity contribution in [3.8, 4) is 5.75 Å². The van der Waals surface area contributed by atoms with Crippen LogP contribution < -0.4 is 4.74 Å². The molecule has 0 atom stereocenters. The predicted molar refractivity (Wildman–Crippen MR) is 60.7 cm³/mol. The van der Waals surface area contributed by atoms with Crippen LogP contribution in [-0.2, 0) is 5.41 Å². The second-order valence-electron chi connectivity index (χ2n) is 4.24. The van der Waals surface area contributed by atoms with Gasteiger partial charge in [0.15, 0.2) is 0 Å². The summed E-state index contributed by atoms with van der Waals surface area (Å²) in [5.41, 5.74) is 1.96. The number of aliphatic hydroxyl groups excluding tert-OH is 1. The average molecular weight is 227 g/mol. The lowest BCUT2D eigenvalue weighted by atomic mass is 9.95. The van der Waals surface area contributed by atoms with Crippen molar-refractivity contribution >= 4 is 11.6 Å². The van der Waals surface area contributed by atoms with Gasteiger partial charge in [-0.1, -0.05) is 11.6 Å². The number of rotatable bonds is 3. The Bertz CT molecular complexity index is 383. The molecule has 15 heavy (non-hydrogen) atoms. The molecule has 1 aromatic rings. The minimum Gasteiger partial charge on any atom is -0.496 e. The van der Waals surface area contributed by atoms with Gasteiger partial charge in [-0.2, -0.15) is 0 Å². The van der Waals surface area contributed by atoms with Crippen molar-refractivity contribution in [1.82, 2.24) is 0 Å². The second-order valence-corrected chi connectivity index (χ2v) is 4.65. The number of benzene rings is 1. The molecule has 0 unspecified atom stereocenters. The summed E-state index contributed by atoms with van der Waals surface area (Å²) in [6.07, 6.45) is 2.03. The zero-order valence-corrected chi connectivity index (χ0v) is 9.77. The Kier molecular flexibility index (Phi) is 2.65. The highest BCUT2D eigenvalue weighted by atomic mass is 35.5. The smallest absolute Gasteiger partial charge is 0.123 e. The summed E-state index contributed by atoms with van der Waals surface area (Å²) < 4.78 is 5.34. The fourth-order valence-corrected chi connectivity index (χ4v) is 2.07. The van der Waals surface area contributed by atoms with Gasteiger partial charge in [-0.25, -0.2) is 0 Å². The zero-order valence-electron chi connectivity index (χ0n) is 9.01. The fourth-order valence-electron chi connectivity index (χ4n) is 1.90. The highest BCUT2D eigenvalue weighted by Crippen LogP contribution is 2.51. The maximum atomic E-state index is 9.39. The van der Waals surface area contributed by atoms with Gasteiger partial charge < -0.3 is 9.84 Å². The van der Waals surface area contributed by atoms with Crippen LogP contribution in [0, 0.1) is 6.92 Å². The zero-order chi connectivity index (χ0) is 11.1. The van der Waals surface area contributed by atoms with Crippen LogP contribution in [0.5, 0.6) is 5.75 Å². The average Bonchev–Trinajstić information content (AvgIpc) is 3.02. The minimum atomic E-state index is -0.0946. The van der Waals surface area contributed by atoms with Crippen molar-refractivity contribution < 1.29 is 9.84 Å². The standard InChI is InChI=1S/C12H15ClO2/c1-8-5-11(15-2)9(6-10(8)13)12(7-14)3-4-12/h5-6,14H,3-4,7H2,1-2H3. The van der Waals surface area contributed by atoms with Crippen molar-refractivity contribution in [3.63, 3.8) is 0 Å². The molecule has 0 saturated heterocycles. The van der Waals surface area contributed by atoms with Crippen LogP contribution in [0.1, 0.15) is 24.0 Å². The van der Waals surface area contributed by atoms with E-state index in [9.17, 15) is 5.11 Å². The van der Waals surface area contributed by atoms with E-state index in [2.05, 4.69) is 0 Å². The maximum absolute atomic E-state index is 9.39. The Hall–Kier alpha value is -0.730. The summed E-state index contributed by atoms with van der Waals surface area (Å²) in [6, 6.07) is 3.87. The monoisotopic (exact) mass is 226 g/mol. The molecule has 1 saturated carbocycles. The molecule has 3 heteroatoms. The minimum absolute atomic E-state index is 0.0946. The summed E-state index contributed by atoms with van der Waals surface area (Å²) in [5.74, 6) is 0.837. The molecule has 1 aromatic carbocycles. The van der Waals surface area contributed by atoms with E-state index >= 15 is 0 Å². The van der Waals surface area contributed by atoms with E-state index in [4.69, 9.17) is 16.3 Å². The van der Waals surface area contributed by atoms with Gasteiger partial charge in [-0.15, -0.1) is 0 Å². The number of hydrogen-bond acceptors (Lipinski definition) is 2. The van der Waals surface area contributed by atoms with Crippen molar-refractivity contribution in [2.75, 3.05) is 13.7 Å². The number of ether oxygens (including phenoxy) is 1. The van der Waals surface area contributed by atoms with E-state index in [-0.39, 0.29) is 12.0 Å². The van der Waals surface area contributed by atoms with E-state index in [0.29, 0.717) is 0 Å². The van der Waals surface area contributed by atoms with Crippen LogP contribution in [0.15, 0.2) is 12.1 Å². The highest BCUT2D eigenvalue weighted by Gasteiger charge is 2.45. The third-order valence-corrected chi connectivity index (χ3v) is 3.62. The van der Waals surface area contributed by atoms with Crippen LogP contribution in [0.2, 0.25) is 5.02 Å². The molecule has 1 aliphatic rings. The van der Waals surface area contributed by atoms with Crippen LogP contribution >= 0.6 is 11.6 Å². The largest absolute Gasteiger partial charge is 0.496 e. The molecule has 1 aliphatic carbocycles. The molecular weight excluding hydrogens is 212 g/mol. The van der Waals surface area contributed by atoms with Crippen molar-refractivity contribution in [3.05, 3.63) is 28.3 Å². The Labute approximate surface area is 94.8 Å². The number of hydrogen-bond donors (Lipinski definition) is 1. The van der Waals surface area contributed by atoms with Gasteiger partial charge in [0.1, 0.15) is 5.75 Å². The molecule has 0 amide bonds. The van der Waals surface area contributed by atoms with E-state index in [1.54, 1.807) is 7.11 Å². The Morgan fingerprint density at radius 3 is 2.60 bits per heavy atom. The van der Waals surface area contributed by atoms with Gasteiger partial charge >= 0.3 is 0 Å². The SMILES string of the molecule is COc1cc(C)c(Cl)cc1C1(CO)CC1. The molecule has 0 aliphatic heterocycles. The Morgan fingerprint density at radius 2 is 2.13 bits per heavy atom. The topological polar surface area (TPSA) is 29.5 Å². The molecule has 0 spiro atoms. The van der Waals surface area contributed by atoms with Crippen LogP contribution in [0.4, 0.5) is 0 Å². The molecule has 0 bridgehead atoms. The fraction of sp³-hybridized carbons (Fsp3) is 0.500. The molecule has 0 aromatic heterocycles. The lowest BCUT2D eigenvalue weighted by Crippen LogP contribution is -2.13. The predicted octanol–water partition coefficient (Wildman–Crippen LogP) is 2.68. The van der Waals surface area contributed by atoms with E-state index in [0.717, 1.165) is 34.7 Å². The summed E-state index contributed by atoms with van der Waals surface area (Å²) in [6.45, 7) is 2.12. The van der Waals surface area contributed by atoms with Crippen molar-refractivity contribution in [1.29, 1.82) is 0 Å². The Balaban J connectivity index is 2.50. The van der Waals surface area contributed by atoms with E-state index < -0.39 is 0 Å². The molecule has 0 heterocycles. The molecule has 82 valence electrons. The molecule has 1 N–H and O–H groups in total. The maximum Gasteiger partial charge on any atom is 0.123 e. The number of halogens is 1.